The van der Waals surface area contributed by atoms with Crippen LogP contribution < -0.4 is 5.56 Å². The molecule has 0 aliphatic heterocycles. The number of hydrogen-bond acceptors (Lipinski definition) is 3. The first-order valence-corrected chi connectivity index (χ1v) is 5.78. The Morgan fingerprint density at radius 1 is 1.28 bits per heavy atom. The third-order valence-corrected chi connectivity index (χ3v) is 2.93. The van der Waals surface area contributed by atoms with Gasteiger partial charge in [-0.15, -0.1) is 0 Å². The fourth-order valence-electron chi connectivity index (χ4n) is 2.01. The molecular weight excluding hydrogens is 228 g/mol. The molecule has 0 saturated carbocycles. The highest BCUT2D eigenvalue weighted by Gasteiger charge is 2.08. The van der Waals surface area contributed by atoms with Crippen LogP contribution in [0.2, 0.25) is 0 Å². The van der Waals surface area contributed by atoms with Crippen molar-refractivity contribution in [2.75, 3.05) is 0 Å². The summed E-state index contributed by atoms with van der Waals surface area (Å²) in [6.45, 7) is 2.66. The number of nitrogens with one attached hydrogen (secondary N) is 1. The molecule has 0 fully saturated rings. The van der Waals surface area contributed by atoms with Gasteiger partial charge in [0.1, 0.15) is 0 Å². The van der Waals surface area contributed by atoms with Crippen molar-refractivity contribution in [3.8, 4) is 11.1 Å². The molecule has 18 heavy (non-hydrogen) atoms. The van der Waals surface area contributed by atoms with Crippen molar-refractivity contribution in [1.29, 1.82) is 0 Å². The SMILES string of the molecule is CCn1[nH]c(=O)c2cc(-c3ccncc3)cnc21. The van der Waals surface area contributed by atoms with E-state index in [1.54, 1.807) is 23.3 Å². The van der Waals surface area contributed by atoms with E-state index in [1.807, 2.05) is 25.1 Å². The molecule has 0 aliphatic carbocycles. The molecule has 3 heterocycles. The van der Waals surface area contributed by atoms with E-state index < -0.39 is 0 Å². The van der Waals surface area contributed by atoms with Crippen molar-refractivity contribution in [3.63, 3.8) is 0 Å². The number of hydrogen-bond donors (Lipinski definition) is 1. The first-order valence-electron chi connectivity index (χ1n) is 5.78. The summed E-state index contributed by atoms with van der Waals surface area (Å²) in [6, 6.07) is 5.66. The van der Waals surface area contributed by atoms with Gasteiger partial charge in [0.25, 0.3) is 5.56 Å². The maximum absolute atomic E-state index is 11.8. The van der Waals surface area contributed by atoms with Gasteiger partial charge in [0.05, 0.1) is 5.39 Å². The van der Waals surface area contributed by atoms with Crippen molar-refractivity contribution in [1.82, 2.24) is 19.7 Å². The summed E-state index contributed by atoms with van der Waals surface area (Å²) in [7, 11) is 0. The van der Waals surface area contributed by atoms with Crippen LogP contribution in [0.25, 0.3) is 22.2 Å². The minimum atomic E-state index is -0.102. The first kappa shape index (κ1) is 10.7. The largest absolute Gasteiger partial charge is 0.273 e. The van der Waals surface area contributed by atoms with E-state index in [0.717, 1.165) is 11.1 Å². The van der Waals surface area contributed by atoms with Gasteiger partial charge in [-0.25, -0.2) is 4.98 Å². The van der Waals surface area contributed by atoms with Crippen molar-refractivity contribution in [2.45, 2.75) is 13.5 Å². The number of rotatable bonds is 2. The zero-order valence-corrected chi connectivity index (χ0v) is 9.92. The Balaban J connectivity index is 2.24. The molecular formula is C13H12N4O. The minimum absolute atomic E-state index is 0.102. The molecule has 3 aromatic heterocycles. The molecule has 0 atom stereocenters. The zero-order valence-electron chi connectivity index (χ0n) is 9.92. The number of H-pyrrole nitrogens is 1. The summed E-state index contributed by atoms with van der Waals surface area (Å²) in [5.74, 6) is 0. The third-order valence-electron chi connectivity index (χ3n) is 2.93. The van der Waals surface area contributed by atoms with Crippen molar-refractivity contribution in [2.24, 2.45) is 0 Å². The van der Waals surface area contributed by atoms with E-state index in [4.69, 9.17) is 0 Å². The van der Waals surface area contributed by atoms with Gasteiger partial charge in [0, 0.05) is 30.7 Å². The number of aromatic nitrogens is 4. The Labute approximate surface area is 103 Å². The summed E-state index contributed by atoms with van der Waals surface area (Å²) < 4.78 is 1.74. The molecule has 0 bridgehead atoms. The summed E-state index contributed by atoms with van der Waals surface area (Å²) in [5.41, 5.74) is 2.52. The van der Waals surface area contributed by atoms with Crippen molar-refractivity contribution < 1.29 is 0 Å². The van der Waals surface area contributed by atoms with Gasteiger partial charge in [0.2, 0.25) is 0 Å². The summed E-state index contributed by atoms with van der Waals surface area (Å²) in [5, 5.41) is 3.38. The summed E-state index contributed by atoms with van der Waals surface area (Å²) >= 11 is 0. The van der Waals surface area contributed by atoms with Crippen LogP contribution in [-0.4, -0.2) is 19.7 Å². The lowest BCUT2D eigenvalue weighted by Crippen LogP contribution is -2.03. The standard InChI is InChI=1S/C13H12N4O/c1-2-17-12-11(13(18)16-17)7-10(8-15-12)9-3-5-14-6-4-9/h3-8H,2H2,1H3,(H,16,18). The van der Waals surface area contributed by atoms with Crippen LogP contribution in [0.1, 0.15) is 6.92 Å². The molecule has 0 spiro atoms. The Bertz CT molecular complexity index is 743. The normalized spacial score (nSPS) is 10.9. The van der Waals surface area contributed by atoms with Crippen LogP contribution in [0.4, 0.5) is 0 Å². The van der Waals surface area contributed by atoms with Crippen LogP contribution in [0.5, 0.6) is 0 Å². The highest BCUT2D eigenvalue weighted by Crippen LogP contribution is 2.20. The number of nitrogens with zero attached hydrogens (tertiary/aromatic N) is 3. The van der Waals surface area contributed by atoms with E-state index in [1.165, 1.54) is 0 Å². The molecule has 5 nitrogen and oxygen atoms in total. The lowest BCUT2D eigenvalue weighted by molar-refractivity contribution is 0.669. The summed E-state index contributed by atoms with van der Waals surface area (Å²) in [4.78, 5) is 20.1. The monoisotopic (exact) mass is 240 g/mol. The first-order chi connectivity index (χ1) is 8.79. The van der Waals surface area contributed by atoms with Crippen molar-refractivity contribution >= 4 is 11.0 Å². The van der Waals surface area contributed by atoms with Crippen LogP contribution in [0, 0.1) is 0 Å². The molecule has 0 radical (unpaired) electrons. The average Bonchev–Trinajstić information content (AvgIpc) is 2.76. The van der Waals surface area contributed by atoms with E-state index in [0.29, 0.717) is 17.6 Å². The Hall–Kier alpha value is -2.43. The second-order valence-corrected chi connectivity index (χ2v) is 4.02. The van der Waals surface area contributed by atoms with Gasteiger partial charge in [-0.05, 0) is 30.7 Å². The predicted octanol–water partition coefficient (Wildman–Crippen LogP) is 1.81. The molecule has 0 saturated heterocycles. The van der Waals surface area contributed by atoms with Gasteiger partial charge in [-0.3, -0.25) is 19.6 Å². The van der Waals surface area contributed by atoms with E-state index in [-0.39, 0.29) is 5.56 Å². The Morgan fingerprint density at radius 3 is 2.78 bits per heavy atom. The number of aromatic amines is 1. The number of fused-ring (bicyclic) bond motifs is 1. The topological polar surface area (TPSA) is 63.6 Å². The Kier molecular flexibility index (Phi) is 2.44. The number of aryl methyl sites for hydroxylation is 1. The average molecular weight is 240 g/mol. The fraction of sp³-hybridized carbons (Fsp3) is 0.154. The molecule has 1 N–H and O–H groups in total. The van der Waals surface area contributed by atoms with Crippen LogP contribution in [0.3, 0.4) is 0 Å². The molecule has 90 valence electrons. The van der Waals surface area contributed by atoms with Crippen LogP contribution >= 0.6 is 0 Å². The minimum Gasteiger partial charge on any atom is -0.268 e. The maximum atomic E-state index is 11.8. The lowest BCUT2D eigenvalue weighted by atomic mass is 10.1. The lowest BCUT2D eigenvalue weighted by Gasteiger charge is -2.01. The zero-order chi connectivity index (χ0) is 12.5. The fourth-order valence-corrected chi connectivity index (χ4v) is 2.01. The number of pyridine rings is 2. The van der Waals surface area contributed by atoms with Crippen LogP contribution in [0.15, 0.2) is 41.6 Å². The third kappa shape index (κ3) is 1.60. The molecule has 0 amide bonds. The molecule has 0 aliphatic rings. The van der Waals surface area contributed by atoms with E-state index >= 15 is 0 Å². The quantitative estimate of drug-likeness (QED) is 0.743. The van der Waals surface area contributed by atoms with Crippen molar-refractivity contribution in [3.05, 3.63) is 47.1 Å². The van der Waals surface area contributed by atoms with Gasteiger partial charge in [-0.1, -0.05) is 0 Å². The van der Waals surface area contributed by atoms with Gasteiger partial charge in [-0.2, -0.15) is 0 Å². The predicted molar refractivity (Wildman–Crippen MR) is 69.3 cm³/mol. The Morgan fingerprint density at radius 2 is 2.06 bits per heavy atom. The van der Waals surface area contributed by atoms with Gasteiger partial charge in [0.15, 0.2) is 5.65 Å². The highest BCUT2D eigenvalue weighted by molar-refractivity contribution is 5.80. The van der Waals surface area contributed by atoms with E-state index in [9.17, 15) is 4.79 Å². The molecule has 5 heteroatoms. The smallest absolute Gasteiger partial charge is 0.268 e. The van der Waals surface area contributed by atoms with Gasteiger partial charge >= 0.3 is 0 Å². The second kappa shape index (κ2) is 4.10. The summed E-state index contributed by atoms with van der Waals surface area (Å²) in [6.07, 6.45) is 5.22. The molecule has 3 aromatic rings. The van der Waals surface area contributed by atoms with Gasteiger partial charge < -0.3 is 0 Å². The maximum Gasteiger partial charge on any atom is 0.273 e. The highest BCUT2D eigenvalue weighted by atomic mass is 16.1. The molecule has 3 rings (SSSR count). The van der Waals surface area contributed by atoms with Crippen LogP contribution in [-0.2, 0) is 6.54 Å². The molecule has 0 aromatic carbocycles. The second-order valence-electron chi connectivity index (χ2n) is 4.02. The van der Waals surface area contributed by atoms with E-state index in [2.05, 4.69) is 15.1 Å². The molecule has 0 unspecified atom stereocenters.